The van der Waals surface area contributed by atoms with E-state index in [9.17, 15) is 18.0 Å². The van der Waals surface area contributed by atoms with E-state index < -0.39 is 11.9 Å². The molecule has 0 saturated heterocycles. The number of nitrogens with zero attached hydrogens (tertiary/aromatic N) is 4. The summed E-state index contributed by atoms with van der Waals surface area (Å²) in [5, 5.41) is 5.70. The standard InChI is InChI=1S/C19H21F3N4OS/c1-25(12-6-3-2-4-7-12)18(27)14-11-17-23-13(15-8-5-9-28-15)10-16(19(20,21)22)26(17)24-14/h5,9-12,15H,2-4,6-8H2,1H3. The van der Waals surface area contributed by atoms with Gasteiger partial charge in [-0.05, 0) is 30.7 Å². The topological polar surface area (TPSA) is 50.5 Å². The summed E-state index contributed by atoms with van der Waals surface area (Å²) in [6.07, 6.45) is 3.06. The highest BCUT2D eigenvalue weighted by atomic mass is 32.2. The van der Waals surface area contributed by atoms with Crippen LogP contribution in [-0.4, -0.2) is 38.5 Å². The molecule has 2 aromatic rings. The average Bonchev–Trinajstić information content (AvgIpc) is 3.35. The molecule has 1 fully saturated rings. The molecular formula is C19H21F3N4OS. The minimum atomic E-state index is -4.59. The van der Waals surface area contributed by atoms with Crippen LogP contribution in [-0.2, 0) is 6.18 Å². The molecule has 0 radical (unpaired) electrons. The minimum Gasteiger partial charge on any atom is -0.337 e. The Labute approximate surface area is 165 Å². The van der Waals surface area contributed by atoms with E-state index in [0.29, 0.717) is 12.1 Å². The quantitative estimate of drug-likeness (QED) is 0.726. The van der Waals surface area contributed by atoms with Gasteiger partial charge < -0.3 is 4.90 Å². The van der Waals surface area contributed by atoms with Crippen molar-refractivity contribution in [3.8, 4) is 0 Å². The van der Waals surface area contributed by atoms with Crippen molar-refractivity contribution in [2.45, 2.75) is 56.0 Å². The maximum absolute atomic E-state index is 13.6. The van der Waals surface area contributed by atoms with Crippen molar-refractivity contribution in [3.63, 3.8) is 0 Å². The molecule has 4 rings (SSSR count). The summed E-state index contributed by atoms with van der Waals surface area (Å²) >= 11 is 1.44. The van der Waals surface area contributed by atoms with E-state index in [-0.39, 0.29) is 28.5 Å². The maximum Gasteiger partial charge on any atom is 0.433 e. The van der Waals surface area contributed by atoms with E-state index in [1.54, 1.807) is 11.9 Å². The molecule has 1 amide bonds. The first-order valence-corrected chi connectivity index (χ1v) is 10.3. The van der Waals surface area contributed by atoms with Crippen molar-refractivity contribution in [1.82, 2.24) is 19.5 Å². The van der Waals surface area contributed by atoms with Crippen LogP contribution in [0.25, 0.3) is 5.65 Å². The smallest absolute Gasteiger partial charge is 0.337 e. The third kappa shape index (κ3) is 3.64. The lowest BCUT2D eigenvalue weighted by atomic mass is 9.94. The number of carbonyl (C=O) groups excluding carboxylic acids is 1. The summed E-state index contributed by atoms with van der Waals surface area (Å²) in [5.74, 6) is -0.357. The van der Waals surface area contributed by atoms with Gasteiger partial charge in [0, 0.05) is 19.2 Å². The summed E-state index contributed by atoms with van der Waals surface area (Å²) in [7, 11) is 1.70. The molecule has 2 aliphatic rings. The Morgan fingerprint density at radius 1 is 1.25 bits per heavy atom. The first-order chi connectivity index (χ1) is 13.3. The van der Waals surface area contributed by atoms with E-state index in [1.807, 2.05) is 11.5 Å². The van der Waals surface area contributed by atoms with Gasteiger partial charge in [-0.3, -0.25) is 4.79 Å². The Hall–Kier alpha value is -2.03. The predicted molar refractivity (Wildman–Crippen MR) is 101 cm³/mol. The number of fused-ring (bicyclic) bond motifs is 1. The molecule has 9 heteroatoms. The third-order valence-corrected chi connectivity index (χ3v) is 6.53. The van der Waals surface area contributed by atoms with Crippen LogP contribution in [0.2, 0.25) is 0 Å². The Morgan fingerprint density at radius 3 is 2.64 bits per heavy atom. The van der Waals surface area contributed by atoms with Crippen molar-refractivity contribution < 1.29 is 18.0 Å². The highest BCUT2D eigenvalue weighted by molar-refractivity contribution is 8.02. The maximum atomic E-state index is 13.6. The summed E-state index contributed by atoms with van der Waals surface area (Å²) < 4.78 is 41.7. The Morgan fingerprint density at radius 2 is 2.00 bits per heavy atom. The molecular weight excluding hydrogens is 389 g/mol. The van der Waals surface area contributed by atoms with E-state index in [1.165, 1.54) is 17.8 Å². The molecule has 1 aliphatic carbocycles. The Kier molecular flexibility index (Phi) is 5.11. The molecule has 0 aromatic carbocycles. The molecule has 1 unspecified atom stereocenters. The SMILES string of the molecule is CN(C(=O)c1cc2nc(C3CC=CS3)cc(C(F)(F)F)n2n1)C1CCCCC1. The van der Waals surface area contributed by atoms with Crippen LogP contribution < -0.4 is 0 Å². The van der Waals surface area contributed by atoms with Crippen molar-refractivity contribution in [3.05, 3.63) is 40.7 Å². The van der Waals surface area contributed by atoms with Gasteiger partial charge in [-0.15, -0.1) is 11.8 Å². The minimum absolute atomic E-state index is 0.000392. The lowest BCUT2D eigenvalue weighted by Gasteiger charge is -2.30. The predicted octanol–water partition coefficient (Wildman–Crippen LogP) is 4.84. The Bertz CT molecular complexity index is 910. The number of rotatable bonds is 3. The molecule has 1 aliphatic heterocycles. The van der Waals surface area contributed by atoms with Crippen LogP contribution in [0.4, 0.5) is 13.2 Å². The lowest BCUT2D eigenvalue weighted by Crippen LogP contribution is -2.38. The zero-order chi connectivity index (χ0) is 19.9. The van der Waals surface area contributed by atoms with Gasteiger partial charge in [-0.2, -0.15) is 18.3 Å². The van der Waals surface area contributed by atoms with Crippen LogP contribution in [0.3, 0.4) is 0 Å². The number of thioether (sulfide) groups is 1. The number of hydrogen-bond acceptors (Lipinski definition) is 4. The molecule has 150 valence electrons. The second-order valence-corrected chi connectivity index (χ2v) is 8.42. The molecule has 0 N–H and O–H groups in total. The average molecular weight is 410 g/mol. The van der Waals surface area contributed by atoms with Crippen molar-refractivity contribution >= 4 is 23.3 Å². The highest BCUT2D eigenvalue weighted by Crippen LogP contribution is 2.39. The number of alkyl halides is 3. The first kappa shape index (κ1) is 19.3. The van der Waals surface area contributed by atoms with Gasteiger partial charge in [-0.25, -0.2) is 9.50 Å². The van der Waals surface area contributed by atoms with Gasteiger partial charge in [0.1, 0.15) is 5.69 Å². The molecule has 1 saturated carbocycles. The largest absolute Gasteiger partial charge is 0.433 e. The van der Waals surface area contributed by atoms with E-state index in [4.69, 9.17) is 0 Å². The number of amides is 1. The van der Waals surface area contributed by atoms with Crippen molar-refractivity contribution in [2.24, 2.45) is 0 Å². The van der Waals surface area contributed by atoms with Gasteiger partial charge in [0.05, 0.1) is 10.9 Å². The second kappa shape index (κ2) is 7.42. The number of allylic oxidation sites excluding steroid dienone is 1. The fourth-order valence-corrected chi connectivity index (χ4v) is 4.75. The molecule has 0 bridgehead atoms. The zero-order valence-corrected chi connectivity index (χ0v) is 16.3. The van der Waals surface area contributed by atoms with E-state index in [2.05, 4.69) is 10.1 Å². The van der Waals surface area contributed by atoms with E-state index in [0.717, 1.165) is 42.7 Å². The molecule has 28 heavy (non-hydrogen) atoms. The summed E-state index contributed by atoms with van der Waals surface area (Å²) in [6.45, 7) is 0. The van der Waals surface area contributed by atoms with Crippen molar-refractivity contribution in [2.75, 3.05) is 7.05 Å². The molecule has 3 heterocycles. The Balaban J connectivity index is 1.71. The summed E-state index contributed by atoms with van der Waals surface area (Å²) in [4.78, 5) is 18.8. The number of carbonyl (C=O) groups is 1. The van der Waals surface area contributed by atoms with Crippen LogP contribution in [0.5, 0.6) is 0 Å². The van der Waals surface area contributed by atoms with Gasteiger partial charge in [-0.1, -0.05) is 25.3 Å². The zero-order valence-electron chi connectivity index (χ0n) is 15.4. The molecule has 2 aromatic heterocycles. The first-order valence-electron chi connectivity index (χ1n) is 9.40. The normalized spacial score (nSPS) is 20.8. The van der Waals surface area contributed by atoms with Crippen LogP contribution >= 0.6 is 11.8 Å². The molecule has 1 atom stereocenters. The summed E-state index contributed by atoms with van der Waals surface area (Å²) in [5.41, 5.74) is -0.494. The molecule has 0 spiro atoms. The van der Waals surface area contributed by atoms with Gasteiger partial charge in [0.15, 0.2) is 11.3 Å². The number of hydrogen-bond donors (Lipinski definition) is 0. The number of aromatic nitrogens is 3. The monoisotopic (exact) mass is 410 g/mol. The van der Waals surface area contributed by atoms with Gasteiger partial charge in [0.25, 0.3) is 5.91 Å². The van der Waals surface area contributed by atoms with Gasteiger partial charge >= 0.3 is 6.18 Å². The van der Waals surface area contributed by atoms with Crippen LogP contribution in [0.15, 0.2) is 23.6 Å². The van der Waals surface area contributed by atoms with Gasteiger partial charge in [0.2, 0.25) is 0 Å². The third-order valence-electron chi connectivity index (χ3n) is 5.42. The number of halogens is 3. The van der Waals surface area contributed by atoms with E-state index >= 15 is 0 Å². The van der Waals surface area contributed by atoms with Crippen LogP contribution in [0, 0.1) is 0 Å². The van der Waals surface area contributed by atoms with Crippen molar-refractivity contribution in [1.29, 1.82) is 0 Å². The fourth-order valence-electron chi connectivity index (χ4n) is 3.86. The highest BCUT2D eigenvalue weighted by Gasteiger charge is 2.36. The second-order valence-electron chi connectivity index (χ2n) is 7.30. The van der Waals surface area contributed by atoms with Crippen LogP contribution in [0.1, 0.15) is 65.7 Å². The molecule has 5 nitrogen and oxygen atoms in total. The lowest BCUT2D eigenvalue weighted by molar-refractivity contribution is -0.142. The summed E-state index contributed by atoms with van der Waals surface area (Å²) in [6, 6.07) is 2.52. The fraction of sp³-hybridized carbons (Fsp3) is 0.526.